The van der Waals surface area contributed by atoms with E-state index in [0.29, 0.717) is 6.61 Å². The van der Waals surface area contributed by atoms with Gasteiger partial charge in [-0.05, 0) is 94.8 Å². The van der Waals surface area contributed by atoms with Crippen molar-refractivity contribution in [3.05, 3.63) is 144 Å². The Bertz CT molecular complexity index is 1700. The van der Waals surface area contributed by atoms with Crippen molar-refractivity contribution in [1.82, 2.24) is 34.5 Å². The minimum Gasteiger partial charge on any atom is -0.490 e. The zero-order chi connectivity index (χ0) is 31.5. The van der Waals surface area contributed by atoms with Crippen molar-refractivity contribution in [2.75, 3.05) is 6.61 Å². The second kappa shape index (κ2) is 16.9. The van der Waals surface area contributed by atoms with Crippen LogP contribution in [0, 0.1) is 47.6 Å². The first-order valence-corrected chi connectivity index (χ1v) is 14.4. The molecule has 45 heavy (non-hydrogen) atoms. The van der Waals surface area contributed by atoms with Gasteiger partial charge < -0.3 is 9.72 Å². The average Bonchev–Trinajstić information content (AvgIpc) is 3.49. The molecule has 0 bridgehead atoms. The predicted molar refractivity (Wildman–Crippen MR) is 175 cm³/mol. The van der Waals surface area contributed by atoms with Crippen LogP contribution in [0.5, 0.6) is 5.75 Å². The summed E-state index contributed by atoms with van der Waals surface area (Å²) >= 11 is 0. The zero-order valence-electron chi connectivity index (χ0n) is 26.5. The first kappa shape index (κ1) is 34.8. The fourth-order valence-electron chi connectivity index (χ4n) is 4.20. The molecule has 0 aliphatic heterocycles. The van der Waals surface area contributed by atoms with Crippen LogP contribution in [-0.2, 0) is 19.8 Å². The van der Waals surface area contributed by atoms with E-state index in [1.807, 2.05) is 96.0 Å². The number of pyridine rings is 3. The molecule has 0 spiro atoms. The Balaban J connectivity index is 0.000000183. The number of ether oxygens (including phenoxy) is 1. The maximum Gasteiger partial charge on any atom is 1.00 e. The first-order chi connectivity index (χ1) is 21.3. The monoisotopic (exact) mass is 776 g/mol. The minimum atomic E-state index is 0. The standard InChI is InChI=1S/C14H12NO.2C11H13N3.Os/c1-2-10-16-13-8-9-15-14(11-13)12-6-4-3-5-7-12;2*1-8-9(2)13-14(10(8)3)11-6-4-5-7-12-11;/h2-6,8-9,11H,1,10H2;2*4-7H,1-3H3;/q-1;;;+1. The van der Waals surface area contributed by atoms with Gasteiger partial charge in [-0.1, -0.05) is 24.8 Å². The van der Waals surface area contributed by atoms with Gasteiger partial charge in [-0.15, -0.1) is 35.9 Å². The number of aryl methyl sites for hydroxylation is 2. The number of aromatic nitrogens is 7. The molecule has 0 N–H and O–H groups in total. The Morgan fingerprint density at radius 1 is 0.711 bits per heavy atom. The molecule has 6 aromatic rings. The van der Waals surface area contributed by atoms with Crippen molar-refractivity contribution < 1.29 is 24.5 Å². The molecule has 8 nitrogen and oxygen atoms in total. The molecule has 9 heteroatoms. The molecule has 0 fully saturated rings. The third-order valence-electron chi connectivity index (χ3n) is 7.12. The molecule has 0 aliphatic rings. The van der Waals surface area contributed by atoms with Gasteiger partial charge in [0.2, 0.25) is 0 Å². The summed E-state index contributed by atoms with van der Waals surface area (Å²) < 4.78 is 9.20. The van der Waals surface area contributed by atoms with Crippen LogP contribution < -0.4 is 4.74 Å². The molecule has 1 aromatic carbocycles. The van der Waals surface area contributed by atoms with Crippen LogP contribution in [0.1, 0.15) is 33.9 Å². The van der Waals surface area contributed by atoms with Crippen molar-refractivity contribution in [3.8, 4) is 28.6 Å². The molecular weight excluding hydrogens is 737 g/mol. The van der Waals surface area contributed by atoms with Gasteiger partial charge in [-0.25, -0.2) is 19.3 Å². The van der Waals surface area contributed by atoms with E-state index in [0.717, 1.165) is 51.4 Å². The Morgan fingerprint density at radius 3 is 1.69 bits per heavy atom. The molecular formula is C36H38N7OOs. The summed E-state index contributed by atoms with van der Waals surface area (Å²) in [6.07, 6.45) is 7.01. The number of hydrogen-bond donors (Lipinski definition) is 0. The molecule has 6 rings (SSSR count). The minimum absolute atomic E-state index is 0. The summed E-state index contributed by atoms with van der Waals surface area (Å²) in [5, 5.41) is 8.87. The molecule has 0 amide bonds. The van der Waals surface area contributed by atoms with Gasteiger partial charge in [0.25, 0.3) is 0 Å². The quantitative estimate of drug-likeness (QED) is 0.129. The first-order valence-electron chi connectivity index (χ1n) is 14.4. The molecule has 0 saturated carbocycles. The van der Waals surface area contributed by atoms with E-state index in [1.165, 1.54) is 11.1 Å². The van der Waals surface area contributed by atoms with E-state index in [4.69, 9.17) is 4.74 Å². The van der Waals surface area contributed by atoms with Crippen molar-refractivity contribution >= 4 is 0 Å². The predicted octanol–water partition coefficient (Wildman–Crippen LogP) is 7.50. The van der Waals surface area contributed by atoms with Gasteiger partial charge in [0.05, 0.1) is 11.4 Å². The van der Waals surface area contributed by atoms with E-state index in [2.05, 4.69) is 65.5 Å². The maximum absolute atomic E-state index is 5.45. The van der Waals surface area contributed by atoms with Crippen LogP contribution in [0.4, 0.5) is 0 Å². The molecule has 0 saturated heterocycles. The van der Waals surface area contributed by atoms with Crippen LogP contribution in [-0.4, -0.2) is 41.1 Å². The Hall–Kier alpha value is -4.73. The number of hydrogen-bond acceptors (Lipinski definition) is 6. The fraction of sp³-hybridized carbons (Fsp3) is 0.194. The van der Waals surface area contributed by atoms with Gasteiger partial charge in [-0.2, -0.15) is 10.2 Å². The number of rotatable bonds is 6. The van der Waals surface area contributed by atoms with E-state index in [9.17, 15) is 0 Å². The van der Waals surface area contributed by atoms with E-state index in [-0.39, 0.29) is 19.8 Å². The van der Waals surface area contributed by atoms with Crippen LogP contribution in [0.25, 0.3) is 22.9 Å². The molecule has 5 heterocycles. The van der Waals surface area contributed by atoms with Crippen LogP contribution in [0.2, 0.25) is 0 Å². The summed E-state index contributed by atoms with van der Waals surface area (Å²) in [5.41, 5.74) is 8.73. The van der Waals surface area contributed by atoms with Gasteiger partial charge in [0.1, 0.15) is 12.4 Å². The molecule has 0 aliphatic carbocycles. The summed E-state index contributed by atoms with van der Waals surface area (Å²) in [7, 11) is 0. The van der Waals surface area contributed by atoms with Crippen molar-refractivity contribution in [2.45, 2.75) is 41.5 Å². The SMILES string of the molecule is C=CCOc1ccnc(-c2[c-]cccc2)c1.Cc1nn(-c2ccccn2)c(C)c1C.Cc1nn(-c2ccccn2)c(C)c1C.[Os+]. The van der Waals surface area contributed by atoms with Crippen molar-refractivity contribution in [2.24, 2.45) is 0 Å². The summed E-state index contributed by atoms with van der Waals surface area (Å²) in [6, 6.07) is 26.3. The molecule has 1 radical (unpaired) electrons. The van der Waals surface area contributed by atoms with E-state index in [1.54, 1.807) is 24.7 Å². The summed E-state index contributed by atoms with van der Waals surface area (Å²) in [6.45, 7) is 16.4. The van der Waals surface area contributed by atoms with Crippen LogP contribution in [0.15, 0.2) is 104 Å². The average molecular weight is 775 g/mol. The normalized spacial score (nSPS) is 10.0. The maximum atomic E-state index is 5.45. The summed E-state index contributed by atoms with van der Waals surface area (Å²) in [5.74, 6) is 2.55. The number of benzene rings is 1. The topological polar surface area (TPSA) is 83.5 Å². The largest absolute Gasteiger partial charge is 1.00 e. The molecule has 5 aromatic heterocycles. The third-order valence-corrected chi connectivity index (χ3v) is 7.12. The van der Waals surface area contributed by atoms with Crippen molar-refractivity contribution in [3.63, 3.8) is 0 Å². The van der Waals surface area contributed by atoms with Gasteiger partial charge in [0, 0.05) is 30.0 Å². The molecule has 0 atom stereocenters. The second-order valence-electron chi connectivity index (χ2n) is 10.0. The molecule has 0 unspecified atom stereocenters. The Morgan fingerprint density at radius 2 is 1.27 bits per heavy atom. The zero-order valence-corrected chi connectivity index (χ0v) is 29.1. The van der Waals surface area contributed by atoms with E-state index >= 15 is 0 Å². The van der Waals surface area contributed by atoms with Crippen molar-refractivity contribution in [1.29, 1.82) is 0 Å². The van der Waals surface area contributed by atoms with Gasteiger partial charge in [0.15, 0.2) is 11.6 Å². The third kappa shape index (κ3) is 9.13. The molecule has 231 valence electrons. The summed E-state index contributed by atoms with van der Waals surface area (Å²) in [4.78, 5) is 12.8. The fourth-order valence-corrected chi connectivity index (χ4v) is 4.20. The second-order valence-corrected chi connectivity index (χ2v) is 10.0. The Labute approximate surface area is 278 Å². The van der Waals surface area contributed by atoms with Gasteiger partial charge in [-0.3, -0.25) is 0 Å². The van der Waals surface area contributed by atoms with E-state index < -0.39 is 0 Å². The van der Waals surface area contributed by atoms with Gasteiger partial charge >= 0.3 is 19.8 Å². The number of nitrogens with zero attached hydrogens (tertiary/aromatic N) is 7. The smallest absolute Gasteiger partial charge is 0.490 e. The van der Waals surface area contributed by atoms with Crippen LogP contribution in [0.3, 0.4) is 0 Å². The Kier molecular flexibility index (Phi) is 13.1. The van der Waals surface area contributed by atoms with Crippen LogP contribution >= 0.6 is 0 Å².